The van der Waals surface area contributed by atoms with Gasteiger partial charge in [-0.1, -0.05) is 204 Å². The van der Waals surface area contributed by atoms with Gasteiger partial charge in [0.2, 0.25) is 0 Å². The van der Waals surface area contributed by atoms with E-state index in [-0.39, 0.29) is 32.0 Å². The molecule has 380 valence electrons. The summed E-state index contributed by atoms with van der Waals surface area (Å²) in [4.78, 5) is 25.5. The van der Waals surface area contributed by atoms with Crippen molar-refractivity contribution in [1.82, 2.24) is 0 Å². The van der Waals surface area contributed by atoms with Crippen molar-refractivity contribution < 1.29 is 49.0 Å². The summed E-state index contributed by atoms with van der Waals surface area (Å²) in [5.74, 6) is -0.844. The molecule has 10 nitrogen and oxygen atoms in total. The van der Waals surface area contributed by atoms with Crippen LogP contribution in [0.2, 0.25) is 0 Å². The van der Waals surface area contributed by atoms with Crippen LogP contribution in [0, 0.1) is 0 Å². The van der Waals surface area contributed by atoms with Gasteiger partial charge in [0.25, 0.3) is 0 Å². The number of carbonyl (C=O) groups is 2. The van der Waals surface area contributed by atoms with E-state index in [2.05, 4.69) is 50.3 Å². The van der Waals surface area contributed by atoms with E-state index in [4.69, 9.17) is 18.9 Å². The monoisotopic (exact) mass is 921 g/mol. The summed E-state index contributed by atoms with van der Waals surface area (Å²) in [7, 11) is 0. The normalized spacial score (nSPS) is 19.5. The van der Waals surface area contributed by atoms with Crippen LogP contribution in [0.5, 0.6) is 0 Å². The summed E-state index contributed by atoms with van der Waals surface area (Å²) < 4.78 is 22.2. The number of aliphatic hydroxyl groups excluding tert-OH is 4. The van der Waals surface area contributed by atoms with Crippen molar-refractivity contribution in [3.05, 3.63) is 36.5 Å². The molecule has 1 aliphatic heterocycles. The van der Waals surface area contributed by atoms with Gasteiger partial charge in [0, 0.05) is 12.8 Å². The molecule has 6 atom stereocenters. The zero-order chi connectivity index (χ0) is 47.3. The van der Waals surface area contributed by atoms with Crippen LogP contribution in [-0.4, -0.2) is 89.0 Å². The molecule has 0 aromatic carbocycles. The molecule has 65 heavy (non-hydrogen) atoms. The lowest BCUT2D eigenvalue weighted by Gasteiger charge is -2.39. The number of allylic oxidation sites excluding steroid dienone is 6. The molecule has 1 aliphatic rings. The second-order valence-corrected chi connectivity index (χ2v) is 18.7. The quantitative estimate of drug-likeness (QED) is 0.0264. The van der Waals surface area contributed by atoms with Gasteiger partial charge in [-0.3, -0.25) is 9.59 Å². The average Bonchev–Trinajstić information content (AvgIpc) is 3.30. The molecule has 0 aromatic heterocycles. The molecule has 0 radical (unpaired) electrons. The summed E-state index contributed by atoms with van der Waals surface area (Å²) >= 11 is 0. The summed E-state index contributed by atoms with van der Waals surface area (Å²) in [6.45, 7) is 3.40. The average molecular weight is 921 g/mol. The fourth-order valence-electron chi connectivity index (χ4n) is 8.22. The van der Waals surface area contributed by atoms with Gasteiger partial charge >= 0.3 is 11.9 Å². The number of carbonyl (C=O) groups excluding carboxylic acids is 2. The van der Waals surface area contributed by atoms with Crippen molar-refractivity contribution in [2.45, 2.75) is 282 Å². The first-order valence-corrected chi connectivity index (χ1v) is 27.1. The SMILES string of the molecule is CCCCC/C=C/C/C=C/CCCCCCCCCC(=O)OC[C@H](CO[C@@H]1O[C@H](CO)[C@H](O)C(O)C1O)OC(=O)CCC/C=C/CCCCCCCCCCCCCCCCCCCC. The zero-order valence-corrected chi connectivity index (χ0v) is 41.7. The Bertz CT molecular complexity index is 1160. The van der Waals surface area contributed by atoms with Crippen LogP contribution in [-0.2, 0) is 28.5 Å². The molecule has 1 rings (SSSR count). The Morgan fingerprint density at radius 2 is 0.877 bits per heavy atom. The van der Waals surface area contributed by atoms with Gasteiger partial charge in [-0.25, -0.2) is 0 Å². The maximum atomic E-state index is 12.8. The third kappa shape index (κ3) is 36.6. The second kappa shape index (κ2) is 45.7. The first-order chi connectivity index (χ1) is 31.8. The first kappa shape index (κ1) is 60.9. The van der Waals surface area contributed by atoms with E-state index in [1.807, 2.05) is 0 Å². The Balaban J connectivity index is 2.24. The van der Waals surface area contributed by atoms with Crippen LogP contribution < -0.4 is 0 Å². The molecule has 1 fully saturated rings. The Morgan fingerprint density at radius 1 is 0.477 bits per heavy atom. The minimum absolute atomic E-state index is 0.182. The van der Waals surface area contributed by atoms with Crippen LogP contribution in [0.4, 0.5) is 0 Å². The Kier molecular flexibility index (Phi) is 42.8. The number of hydrogen-bond donors (Lipinski definition) is 4. The fraction of sp³-hybridized carbons (Fsp3) is 0.855. The maximum Gasteiger partial charge on any atom is 0.306 e. The van der Waals surface area contributed by atoms with Gasteiger partial charge in [0.05, 0.1) is 13.2 Å². The number of aliphatic hydroxyl groups is 4. The van der Waals surface area contributed by atoms with Crippen molar-refractivity contribution in [2.24, 2.45) is 0 Å². The highest BCUT2D eigenvalue weighted by Crippen LogP contribution is 2.23. The minimum atomic E-state index is -1.60. The molecule has 0 amide bonds. The summed E-state index contributed by atoms with van der Waals surface area (Å²) in [6, 6.07) is 0. The van der Waals surface area contributed by atoms with Crippen LogP contribution in [0.15, 0.2) is 36.5 Å². The molecule has 0 spiro atoms. The second-order valence-electron chi connectivity index (χ2n) is 18.7. The number of esters is 2. The molecule has 0 bridgehead atoms. The van der Waals surface area contributed by atoms with E-state index in [1.165, 1.54) is 161 Å². The largest absolute Gasteiger partial charge is 0.462 e. The predicted octanol–water partition coefficient (Wildman–Crippen LogP) is 13.0. The number of ether oxygens (including phenoxy) is 4. The van der Waals surface area contributed by atoms with E-state index in [1.54, 1.807) is 0 Å². The van der Waals surface area contributed by atoms with Gasteiger partial charge in [0.1, 0.15) is 31.0 Å². The smallest absolute Gasteiger partial charge is 0.306 e. The van der Waals surface area contributed by atoms with Crippen molar-refractivity contribution >= 4 is 11.9 Å². The molecule has 0 aromatic rings. The van der Waals surface area contributed by atoms with Gasteiger partial charge in [0.15, 0.2) is 12.4 Å². The minimum Gasteiger partial charge on any atom is -0.462 e. The standard InChI is InChI=1S/C55H100O10/c1-3-5-7-9-11-13-15-17-19-21-22-23-24-25-26-28-30-32-34-36-38-40-42-44-51(58)64-48(47-63-55-54(61)53(60)52(59)49(45-56)65-55)46-62-50(57)43-41-39-37-35-33-31-29-27-20-18-16-14-12-10-8-6-4-2/h12,14,18,20,36,38,48-49,52-56,59-61H,3-11,13,15-17,19,21-35,37,39-47H2,1-2H3/b14-12+,20-18+,38-36+/t48-,49-,52+,53?,54?,55-/m1/s1. The fourth-order valence-corrected chi connectivity index (χ4v) is 8.22. The molecule has 0 saturated carbocycles. The number of rotatable bonds is 46. The van der Waals surface area contributed by atoms with Crippen molar-refractivity contribution in [3.8, 4) is 0 Å². The lowest BCUT2D eigenvalue weighted by Crippen LogP contribution is -2.59. The van der Waals surface area contributed by atoms with E-state index in [0.29, 0.717) is 12.8 Å². The van der Waals surface area contributed by atoms with Gasteiger partial charge < -0.3 is 39.4 Å². The highest BCUT2D eigenvalue weighted by Gasteiger charge is 2.44. The van der Waals surface area contributed by atoms with Gasteiger partial charge in [-0.2, -0.15) is 0 Å². The lowest BCUT2D eigenvalue weighted by molar-refractivity contribution is -0.305. The molecular weight excluding hydrogens is 821 g/mol. The van der Waals surface area contributed by atoms with Gasteiger partial charge in [-0.15, -0.1) is 0 Å². The van der Waals surface area contributed by atoms with Crippen molar-refractivity contribution in [2.75, 3.05) is 19.8 Å². The molecular formula is C55H100O10. The third-order valence-corrected chi connectivity index (χ3v) is 12.5. The van der Waals surface area contributed by atoms with Crippen LogP contribution in [0.25, 0.3) is 0 Å². The lowest BCUT2D eigenvalue weighted by atomic mass is 9.99. The third-order valence-electron chi connectivity index (χ3n) is 12.5. The van der Waals surface area contributed by atoms with Crippen LogP contribution >= 0.6 is 0 Å². The number of hydrogen-bond acceptors (Lipinski definition) is 10. The Labute approximate surface area is 397 Å². The van der Waals surface area contributed by atoms with E-state index < -0.39 is 49.4 Å². The molecule has 4 N–H and O–H groups in total. The maximum absolute atomic E-state index is 12.8. The molecule has 10 heteroatoms. The topological polar surface area (TPSA) is 152 Å². The zero-order valence-electron chi connectivity index (χ0n) is 41.7. The van der Waals surface area contributed by atoms with Gasteiger partial charge in [-0.05, 0) is 64.2 Å². The highest BCUT2D eigenvalue weighted by molar-refractivity contribution is 5.70. The molecule has 0 aliphatic carbocycles. The van der Waals surface area contributed by atoms with Crippen LogP contribution in [0.1, 0.15) is 245 Å². The summed E-state index contributed by atoms with van der Waals surface area (Å²) in [5, 5.41) is 40.2. The summed E-state index contributed by atoms with van der Waals surface area (Å²) in [6.07, 6.45) is 47.4. The highest BCUT2D eigenvalue weighted by atomic mass is 16.7. The predicted molar refractivity (Wildman–Crippen MR) is 266 cm³/mol. The van der Waals surface area contributed by atoms with E-state index >= 15 is 0 Å². The number of unbranched alkanes of at least 4 members (excludes halogenated alkanes) is 29. The first-order valence-electron chi connectivity index (χ1n) is 27.1. The van der Waals surface area contributed by atoms with Crippen molar-refractivity contribution in [1.29, 1.82) is 0 Å². The summed E-state index contributed by atoms with van der Waals surface area (Å²) in [5.41, 5.74) is 0. The molecule has 2 unspecified atom stereocenters. The Morgan fingerprint density at radius 3 is 1.37 bits per heavy atom. The Hall–Kier alpha value is -2.08. The van der Waals surface area contributed by atoms with E-state index in [9.17, 15) is 30.0 Å². The van der Waals surface area contributed by atoms with Crippen molar-refractivity contribution in [3.63, 3.8) is 0 Å². The molecule has 1 heterocycles. The van der Waals surface area contributed by atoms with E-state index in [0.717, 1.165) is 44.9 Å². The van der Waals surface area contributed by atoms with Crippen LogP contribution in [0.3, 0.4) is 0 Å². The molecule has 1 saturated heterocycles.